The number of aromatic nitrogens is 2. The zero-order chi connectivity index (χ0) is 15.6. The number of benzene rings is 2. The average molecular weight is 309 g/mol. The topological polar surface area (TPSA) is 59.1 Å². The van der Waals surface area contributed by atoms with Gasteiger partial charge in [0.1, 0.15) is 11.5 Å². The van der Waals surface area contributed by atoms with Crippen LogP contribution in [0.15, 0.2) is 53.3 Å². The van der Waals surface area contributed by atoms with Gasteiger partial charge in [0.2, 0.25) is 0 Å². The van der Waals surface area contributed by atoms with E-state index >= 15 is 0 Å². The summed E-state index contributed by atoms with van der Waals surface area (Å²) in [5, 5.41) is 3.34. The van der Waals surface area contributed by atoms with Crippen LogP contribution in [-0.2, 0) is 0 Å². The molecule has 2 heterocycles. The molecule has 2 aromatic carbocycles. The Kier molecular flexibility index (Phi) is 3.63. The SMILES string of the molecule is O=c1[nH]c2cc(Oc3ccccc3)ccc2n1C1CCNCC1. The summed E-state index contributed by atoms with van der Waals surface area (Å²) in [6, 6.07) is 15.7. The van der Waals surface area contributed by atoms with Gasteiger partial charge in [0.25, 0.3) is 0 Å². The molecule has 4 rings (SSSR count). The van der Waals surface area contributed by atoms with Gasteiger partial charge in [-0.1, -0.05) is 18.2 Å². The van der Waals surface area contributed by atoms with Crippen LogP contribution in [0, 0.1) is 0 Å². The van der Waals surface area contributed by atoms with Gasteiger partial charge in [0, 0.05) is 12.1 Å². The monoisotopic (exact) mass is 309 g/mol. The van der Waals surface area contributed by atoms with Crippen molar-refractivity contribution in [3.05, 3.63) is 59.0 Å². The van der Waals surface area contributed by atoms with E-state index in [9.17, 15) is 4.79 Å². The first-order valence-corrected chi connectivity index (χ1v) is 7.99. The molecule has 1 saturated heterocycles. The molecule has 0 amide bonds. The number of imidazole rings is 1. The molecule has 0 spiro atoms. The molecule has 23 heavy (non-hydrogen) atoms. The number of ether oxygens (including phenoxy) is 1. The van der Waals surface area contributed by atoms with Gasteiger partial charge in [-0.05, 0) is 50.2 Å². The molecule has 1 aliphatic rings. The minimum Gasteiger partial charge on any atom is -0.457 e. The smallest absolute Gasteiger partial charge is 0.326 e. The summed E-state index contributed by atoms with van der Waals surface area (Å²) >= 11 is 0. The van der Waals surface area contributed by atoms with Crippen LogP contribution < -0.4 is 15.7 Å². The lowest BCUT2D eigenvalue weighted by Crippen LogP contribution is -2.33. The maximum absolute atomic E-state index is 12.4. The van der Waals surface area contributed by atoms with E-state index in [1.807, 2.05) is 53.1 Å². The first-order chi connectivity index (χ1) is 11.3. The summed E-state index contributed by atoms with van der Waals surface area (Å²) in [5.74, 6) is 1.51. The van der Waals surface area contributed by atoms with Crippen LogP contribution in [0.4, 0.5) is 0 Å². The van der Waals surface area contributed by atoms with Crippen LogP contribution in [-0.4, -0.2) is 22.6 Å². The number of piperidine rings is 1. The fourth-order valence-corrected chi connectivity index (χ4v) is 3.23. The highest BCUT2D eigenvalue weighted by Gasteiger charge is 2.19. The Hall–Kier alpha value is -2.53. The molecular formula is C18H19N3O2. The third kappa shape index (κ3) is 2.75. The highest BCUT2D eigenvalue weighted by atomic mass is 16.5. The molecule has 2 N–H and O–H groups in total. The fraction of sp³-hybridized carbons (Fsp3) is 0.278. The number of hydrogen-bond donors (Lipinski definition) is 2. The van der Waals surface area contributed by atoms with Gasteiger partial charge in [-0.25, -0.2) is 4.79 Å². The van der Waals surface area contributed by atoms with Crippen LogP contribution in [0.25, 0.3) is 11.0 Å². The predicted octanol–water partition coefficient (Wildman–Crippen LogP) is 3.05. The fourth-order valence-electron chi connectivity index (χ4n) is 3.23. The van der Waals surface area contributed by atoms with Crippen LogP contribution in [0.3, 0.4) is 0 Å². The van der Waals surface area contributed by atoms with Gasteiger partial charge in [0.15, 0.2) is 0 Å². The van der Waals surface area contributed by atoms with Crippen LogP contribution in [0.1, 0.15) is 18.9 Å². The Balaban J connectivity index is 1.69. The first-order valence-electron chi connectivity index (χ1n) is 7.99. The lowest BCUT2D eigenvalue weighted by atomic mass is 10.1. The molecule has 3 aromatic rings. The van der Waals surface area contributed by atoms with E-state index in [1.54, 1.807) is 0 Å². The largest absolute Gasteiger partial charge is 0.457 e. The molecule has 0 radical (unpaired) electrons. The van der Waals surface area contributed by atoms with Crippen molar-refractivity contribution in [3.8, 4) is 11.5 Å². The number of para-hydroxylation sites is 1. The number of fused-ring (bicyclic) bond motifs is 1. The minimum absolute atomic E-state index is 0.0382. The lowest BCUT2D eigenvalue weighted by Gasteiger charge is -2.23. The third-order valence-corrected chi connectivity index (χ3v) is 4.34. The normalized spacial score (nSPS) is 15.8. The number of nitrogens with zero attached hydrogens (tertiary/aromatic N) is 1. The zero-order valence-electron chi connectivity index (χ0n) is 12.8. The maximum atomic E-state index is 12.4. The molecule has 1 fully saturated rings. The molecule has 0 unspecified atom stereocenters. The molecule has 118 valence electrons. The highest BCUT2D eigenvalue weighted by Crippen LogP contribution is 2.27. The number of hydrogen-bond acceptors (Lipinski definition) is 3. The number of aromatic amines is 1. The zero-order valence-corrected chi connectivity index (χ0v) is 12.8. The highest BCUT2D eigenvalue weighted by molar-refractivity contribution is 5.77. The molecule has 5 heteroatoms. The van der Waals surface area contributed by atoms with Gasteiger partial charge >= 0.3 is 5.69 Å². The third-order valence-electron chi connectivity index (χ3n) is 4.34. The van der Waals surface area contributed by atoms with Crippen LogP contribution >= 0.6 is 0 Å². The quantitative estimate of drug-likeness (QED) is 0.782. The second-order valence-electron chi connectivity index (χ2n) is 5.88. The van der Waals surface area contributed by atoms with Crippen LogP contribution in [0.2, 0.25) is 0 Å². The molecule has 0 saturated carbocycles. The van der Waals surface area contributed by atoms with Gasteiger partial charge in [-0.3, -0.25) is 4.57 Å². The van der Waals surface area contributed by atoms with E-state index in [-0.39, 0.29) is 11.7 Å². The average Bonchev–Trinajstić information content (AvgIpc) is 2.91. The van der Waals surface area contributed by atoms with E-state index in [0.717, 1.165) is 48.5 Å². The van der Waals surface area contributed by atoms with E-state index in [2.05, 4.69) is 10.3 Å². The van der Waals surface area contributed by atoms with Gasteiger partial charge in [0.05, 0.1) is 11.0 Å². The summed E-state index contributed by atoms with van der Waals surface area (Å²) in [6.45, 7) is 1.91. The van der Waals surface area contributed by atoms with E-state index in [0.29, 0.717) is 0 Å². The number of rotatable bonds is 3. The van der Waals surface area contributed by atoms with Crippen molar-refractivity contribution in [2.45, 2.75) is 18.9 Å². The van der Waals surface area contributed by atoms with Crippen molar-refractivity contribution in [2.24, 2.45) is 0 Å². The van der Waals surface area contributed by atoms with E-state index in [1.165, 1.54) is 0 Å². The minimum atomic E-state index is -0.0382. The van der Waals surface area contributed by atoms with Gasteiger partial charge in [-0.2, -0.15) is 0 Å². The number of H-pyrrole nitrogens is 1. The Bertz CT molecular complexity index is 861. The first kappa shape index (κ1) is 14.1. The van der Waals surface area contributed by atoms with Crippen molar-refractivity contribution in [1.82, 2.24) is 14.9 Å². The summed E-state index contributed by atoms with van der Waals surface area (Å²) in [5.41, 5.74) is 1.73. The summed E-state index contributed by atoms with van der Waals surface area (Å²) in [6.07, 6.45) is 1.96. The Morgan fingerprint density at radius 3 is 2.57 bits per heavy atom. The molecule has 5 nitrogen and oxygen atoms in total. The van der Waals surface area contributed by atoms with Crippen molar-refractivity contribution < 1.29 is 4.74 Å². The molecular weight excluding hydrogens is 290 g/mol. The van der Waals surface area contributed by atoms with Gasteiger partial charge < -0.3 is 15.0 Å². The molecule has 0 bridgehead atoms. The molecule has 0 atom stereocenters. The van der Waals surface area contributed by atoms with E-state index < -0.39 is 0 Å². The van der Waals surface area contributed by atoms with Crippen molar-refractivity contribution in [1.29, 1.82) is 0 Å². The lowest BCUT2D eigenvalue weighted by molar-refractivity contribution is 0.368. The summed E-state index contributed by atoms with van der Waals surface area (Å²) < 4.78 is 7.73. The van der Waals surface area contributed by atoms with Crippen molar-refractivity contribution in [2.75, 3.05) is 13.1 Å². The van der Waals surface area contributed by atoms with Crippen LogP contribution in [0.5, 0.6) is 11.5 Å². The van der Waals surface area contributed by atoms with Gasteiger partial charge in [-0.15, -0.1) is 0 Å². The number of nitrogens with one attached hydrogen (secondary N) is 2. The maximum Gasteiger partial charge on any atom is 0.326 e. The summed E-state index contributed by atoms with van der Waals surface area (Å²) in [4.78, 5) is 15.3. The second-order valence-corrected chi connectivity index (χ2v) is 5.88. The van der Waals surface area contributed by atoms with Crippen molar-refractivity contribution >= 4 is 11.0 Å². The standard InChI is InChI=1S/C18H19N3O2/c22-18-20-16-12-15(23-14-4-2-1-3-5-14)6-7-17(16)21(18)13-8-10-19-11-9-13/h1-7,12-13,19H,8-11H2,(H,20,22). The summed E-state index contributed by atoms with van der Waals surface area (Å²) in [7, 11) is 0. The van der Waals surface area contributed by atoms with Crippen molar-refractivity contribution in [3.63, 3.8) is 0 Å². The second kappa shape index (κ2) is 5.93. The Morgan fingerprint density at radius 2 is 1.78 bits per heavy atom. The Morgan fingerprint density at radius 1 is 1.00 bits per heavy atom. The molecule has 1 aliphatic heterocycles. The predicted molar refractivity (Wildman–Crippen MR) is 90.2 cm³/mol. The molecule has 0 aliphatic carbocycles. The van der Waals surface area contributed by atoms with E-state index in [4.69, 9.17) is 4.74 Å². The Labute approximate surface area is 133 Å². The molecule has 1 aromatic heterocycles.